The molecule has 0 aliphatic carbocycles. The Kier molecular flexibility index (Phi) is 5.87. The van der Waals surface area contributed by atoms with Crippen molar-refractivity contribution in [2.75, 3.05) is 7.11 Å². The summed E-state index contributed by atoms with van der Waals surface area (Å²) >= 11 is 2.97. The summed E-state index contributed by atoms with van der Waals surface area (Å²) in [6, 6.07) is 0.718. The van der Waals surface area contributed by atoms with Crippen molar-refractivity contribution >= 4 is 21.9 Å². The highest BCUT2D eigenvalue weighted by molar-refractivity contribution is 9.08. The molecule has 118 valence electrons. The molecule has 1 rings (SSSR count). The first-order chi connectivity index (χ1) is 9.67. The van der Waals surface area contributed by atoms with Crippen molar-refractivity contribution in [3.05, 3.63) is 23.0 Å². The first kappa shape index (κ1) is 17.6. The smallest absolute Gasteiger partial charge is 0.469 e. The minimum atomic E-state index is -5.15. The third kappa shape index (κ3) is 5.10. The molecule has 1 aromatic rings. The number of rotatable bonds is 5. The normalized spacial score (nSPS) is 11.6. The van der Waals surface area contributed by atoms with Crippen LogP contribution in [-0.4, -0.2) is 24.4 Å². The van der Waals surface area contributed by atoms with Crippen molar-refractivity contribution < 1.29 is 36.2 Å². The van der Waals surface area contributed by atoms with Crippen LogP contribution >= 0.6 is 15.9 Å². The summed E-state index contributed by atoms with van der Waals surface area (Å²) in [4.78, 5) is 14.6. The fourth-order valence-corrected chi connectivity index (χ4v) is 1.93. The van der Waals surface area contributed by atoms with Gasteiger partial charge in [-0.3, -0.25) is 4.79 Å². The lowest BCUT2D eigenvalue weighted by atomic mass is 10.1. The summed E-state index contributed by atoms with van der Waals surface area (Å²) in [5, 5.41) is -0.0225. The Labute approximate surface area is 124 Å². The van der Waals surface area contributed by atoms with Gasteiger partial charge >= 0.3 is 12.3 Å². The third-order valence-corrected chi connectivity index (χ3v) is 2.84. The molecule has 0 N–H and O–H groups in total. The van der Waals surface area contributed by atoms with Crippen molar-refractivity contribution in [3.63, 3.8) is 0 Å². The van der Waals surface area contributed by atoms with E-state index in [1.54, 1.807) is 0 Å². The number of halogens is 6. The minimum absolute atomic E-state index is 0.00220. The van der Waals surface area contributed by atoms with Gasteiger partial charge in [-0.15, -0.1) is 13.2 Å². The van der Waals surface area contributed by atoms with Gasteiger partial charge in [0, 0.05) is 5.33 Å². The average Bonchev–Trinajstić information content (AvgIpc) is 2.36. The average molecular weight is 378 g/mol. The van der Waals surface area contributed by atoms with Crippen LogP contribution in [0.1, 0.15) is 23.4 Å². The van der Waals surface area contributed by atoms with Gasteiger partial charge in [-0.05, 0) is 11.6 Å². The van der Waals surface area contributed by atoms with Crippen molar-refractivity contribution in [2.24, 2.45) is 0 Å². The molecule has 0 unspecified atom stereocenters. The van der Waals surface area contributed by atoms with E-state index in [1.807, 2.05) is 0 Å². The predicted octanol–water partition coefficient (Wildman–Crippen LogP) is 3.53. The molecule has 0 saturated carbocycles. The van der Waals surface area contributed by atoms with Crippen LogP contribution in [0.15, 0.2) is 6.07 Å². The highest BCUT2D eigenvalue weighted by Crippen LogP contribution is 2.33. The highest BCUT2D eigenvalue weighted by atomic mass is 79.9. The molecule has 0 aromatic carbocycles. The quantitative estimate of drug-likeness (QED) is 0.447. The van der Waals surface area contributed by atoms with Crippen LogP contribution in [0.4, 0.5) is 22.0 Å². The van der Waals surface area contributed by atoms with Gasteiger partial charge in [-0.25, -0.2) is 13.8 Å². The van der Waals surface area contributed by atoms with Crippen LogP contribution in [-0.2, 0) is 21.3 Å². The minimum Gasteiger partial charge on any atom is -0.469 e. The molecular weight excluding hydrogens is 369 g/mol. The van der Waals surface area contributed by atoms with E-state index < -0.39 is 36.6 Å². The monoisotopic (exact) mass is 377 g/mol. The number of esters is 1. The van der Waals surface area contributed by atoms with Gasteiger partial charge in [0.25, 0.3) is 6.43 Å². The molecule has 0 bridgehead atoms. The zero-order valence-electron chi connectivity index (χ0n) is 10.5. The Morgan fingerprint density at radius 3 is 2.48 bits per heavy atom. The van der Waals surface area contributed by atoms with Gasteiger partial charge < -0.3 is 9.47 Å². The second kappa shape index (κ2) is 7.01. The van der Waals surface area contributed by atoms with E-state index >= 15 is 0 Å². The third-order valence-electron chi connectivity index (χ3n) is 2.31. The lowest BCUT2D eigenvalue weighted by Crippen LogP contribution is -2.20. The molecule has 0 saturated heterocycles. The summed E-state index contributed by atoms with van der Waals surface area (Å²) in [5.74, 6) is -1.89. The zero-order chi connectivity index (χ0) is 16.2. The highest BCUT2D eigenvalue weighted by Gasteiger charge is 2.34. The molecule has 4 nitrogen and oxygen atoms in total. The van der Waals surface area contributed by atoms with E-state index in [-0.39, 0.29) is 16.6 Å². The Hall–Kier alpha value is -1.45. The van der Waals surface area contributed by atoms with E-state index in [0.717, 1.165) is 13.2 Å². The molecule has 0 spiro atoms. The van der Waals surface area contributed by atoms with E-state index in [2.05, 4.69) is 30.4 Å². The first-order valence-corrected chi connectivity index (χ1v) is 6.49. The maximum Gasteiger partial charge on any atom is 0.573 e. The lowest BCUT2D eigenvalue weighted by molar-refractivity contribution is -0.275. The van der Waals surface area contributed by atoms with Gasteiger partial charge in [0.1, 0.15) is 5.69 Å². The number of hydrogen-bond acceptors (Lipinski definition) is 4. The Balaban J connectivity index is 3.31. The predicted molar refractivity (Wildman–Crippen MR) is 64.2 cm³/mol. The van der Waals surface area contributed by atoms with E-state index in [0.29, 0.717) is 0 Å². The van der Waals surface area contributed by atoms with E-state index in [4.69, 9.17) is 0 Å². The maximum absolute atomic E-state index is 12.8. The van der Waals surface area contributed by atoms with Crippen molar-refractivity contribution in [1.82, 2.24) is 4.98 Å². The molecular formula is C11H9BrF5NO3. The fraction of sp³-hybridized carbons (Fsp3) is 0.455. The second-order valence-electron chi connectivity index (χ2n) is 3.71. The zero-order valence-corrected chi connectivity index (χ0v) is 12.1. The number of carbonyl (C=O) groups excluding carboxylic acids is 1. The van der Waals surface area contributed by atoms with Gasteiger partial charge in [-0.1, -0.05) is 15.9 Å². The molecule has 0 aliphatic heterocycles. The maximum atomic E-state index is 12.8. The van der Waals surface area contributed by atoms with Crippen molar-refractivity contribution in [3.8, 4) is 5.75 Å². The molecule has 1 aromatic heterocycles. The van der Waals surface area contributed by atoms with Crippen LogP contribution in [0.3, 0.4) is 0 Å². The van der Waals surface area contributed by atoms with Crippen LogP contribution in [0.25, 0.3) is 0 Å². The van der Waals surface area contributed by atoms with Gasteiger partial charge in [-0.2, -0.15) is 0 Å². The van der Waals surface area contributed by atoms with Crippen molar-refractivity contribution in [1.29, 1.82) is 0 Å². The largest absolute Gasteiger partial charge is 0.573 e. The number of aromatic nitrogens is 1. The number of alkyl halides is 6. The molecule has 1 heterocycles. The molecule has 0 radical (unpaired) electrons. The van der Waals surface area contributed by atoms with E-state index in [9.17, 15) is 26.7 Å². The number of pyridine rings is 1. The molecule has 0 amide bonds. The number of ether oxygens (including phenoxy) is 2. The molecule has 0 atom stereocenters. The SMILES string of the molecule is COC(=O)Cc1cc(OC(F)(F)F)c(C(F)F)nc1CBr. The standard InChI is InChI=1S/C11H9BrF5NO3/c1-20-8(19)3-5-2-7(21-11(15,16)17)9(10(13)14)18-6(5)4-12/h2,10H,3-4H2,1H3. The molecule has 0 fully saturated rings. The Bertz CT molecular complexity index is 521. The van der Waals surface area contributed by atoms with Crippen LogP contribution in [0.5, 0.6) is 5.75 Å². The topological polar surface area (TPSA) is 48.4 Å². The Morgan fingerprint density at radius 1 is 1.43 bits per heavy atom. The van der Waals surface area contributed by atoms with Crippen LogP contribution < -0.4 is 4.74 Å². The van der Waals surface area contributed by atoms with Gasteiger partial charge in [0.2, 0.25) is 0 Å². The first-order valence-electron chi connectivity index (χ1n) is 5.37. The summed E-state index contributed by atoms with van der Waals surface area (Å²) in [6.07, 6.45) is -8.82. The summed E-state index contributed by atoms with van der Waals surface area (Å²) in [7, 11) is 1.09. The molecule has 10 heteroatoms. The fourth-order valence-electron chi connectivity index (χ4n) is 1.45. The summed E-state index contributed by atoms with van der Waals surface area (Å²) in [5.41, 5.74) is -1.14. The summed E-state index contributed by atoms with van der Waals surface area (Å²) in [6.45, 7) is 0. The van der Waals surface area contributed by atoms with Gasteiger partial charge in [0.15, 0.2) is 5.75 Å². The molecule has 21 heavy (non-hydrogen) atoms. The number of carbonyl (C=O) groups is 1. The van der Waals surface area contributed by atoms with Crippen molar-refractivity contribution in [2.45, 2.75) is 24.5 Å². The number of methoxy groups -OCH3 is 1. The number of hydrogen-bond donors (Lipinski definition) is 0. The van der Waals surface area contributed by atoms with Crippen LogP contribution in [0.2, 0.25) is 0 Å². The number of nitrogens with zero attached hydrogens (tertiary/aromatic N) is 1. The Morgan fingerprint density at radius 2 is 2.05 bits per heavy atom. The van der Waals surface area contributed by atoms with Gasteiger partial charge in [0.05, 0.1) is 19.2 Å². The van der Waals surface area contributed by atoms with Crippen LogP contribution in [0, 0.1) is 0 Å². The summed E-state index contributed by atoms with van der Waals surface area (Å²) < 4.78 is 70.1. The lowest BCUT2D eigenvalue weighted by Gasteiger charge is -2.15. The second-order valence-corrected chi connectivity index (χ2v) is 4.27. The van der Waals surface area contributed by atoms with E-state index in [1.165, 1.54) is 0 Å². The molecule has 0 aliphatic rings.